The molecule has 6 nitrogen and oxygen atoms in total. The molecule has 1 N–H and O–H groups in total. The minimum absolute atomic E-state index is 0.0248. The van der Waals surface area contributed by atoms with E-state index in [0.29, 0.717) is 10.6 Å². The zero-order valence-electron chi connectivity index (χ0n) is 13.2. The summed E-state index contributed by atoms with van der Waals surface area (Å²) >= 11 is 5.81. The number of benzene rings is 1. The zero-order valence-corrected chi connectivity index (χ0v) is 13.9. The number of nitrogens with zero attached hydrogens (tertiary/aromatic N) is 2. The van der Waals surface area contributed by atoms with Crippen molar-refractivity contribution in [1.82, 2.24) is 4.57 Å². The first-order valence-corrected chi connectivity index (χ1v) is 7.45. The van der Waals surface area contributed by atoms with Gasteiger partial charge in [0, 0.05) is 17.7 Å². The Balaban J connectivity index is 2.69. The standard InChI is InChI=1S/C17H15ClN2O4/c1-10-13(9-19)16(22)20(7-8-24-2)17(23)14(10)15(21)11-3-5-12(18)6-4-11/h3-6,23H,7-8H2,1-2H3. The number of ketones is 1. The lowest BCUT2D eigenvalue weighted by molar-refractivity contribution is 0.103. The quantitative estimate of drug-likeness (QED) is 0.838. The Kier molecular flexibility index (Phi) is 5.39. The van der Waals surface area contributed by atoms with Crippen LogP contribution in [0.15, 0.2) is 29.1 Å². The molecule has 1 heterocycles. The maximum absolute atomic E-state index is 12.7. The number of hydrogen-bond donors (Lipinski definition) is 1. The van der Waals surface area contributed by atoms with Crippen molar-refractivity contribution < 1.29 is 14.6 Å². The van der Waals surface area contributed by atoms with Crippen molar-refractivity contribution in [3.8, 4) is 11.9 Å². The van der Waals surface area contributed by atoms with Crippen molar-refractivity contribution >= 4 is 17.4 Å². The van der Waals surface area contributed by atoms with Crippen LogP contribution in [0.3, 0.4) is 0 Å². The Labute approximate surface area is 143 Å². The Morgan fingerprint density at radius 1 is 1.38 bits per heavy atom. The Hall–Kier alpha value is -2.62. The fraction of sp³-hybridized carbons (Fsp3) is 0.235. The van der Waals surface area contributed by atoms with Crippen LogP contribution in [0, 0.1) is 18.3 Å². The summed E-state index contributed by atoms with van der Waals surface area (Å²) in [5.41, 5.74) is -0.477. The molecule has 0 saturated carbocycles. The van der Waals surface area contributed by atoms with E-state index in [-0.39, 0.29) is 29.8 Å². The molecule has 2 rings (SSSR count). The number of ether oxygens (including phenoxy) is 1. The van der Waals surface area contributed by atoms with E-state index in [0.717, 1.165) is 4.57 Å². The highest BCUT2D eigenvalue weighted by molar-refractivity contribution is 6.30. The van der Waals surface area contributed by atoms with Crippen LogP contribution in [0.4, 0.5) is 0 Å². The molecule has 0 saturated heterocycles. The molecule has 7 heteroatoms. The Morgan fingerprint density at radius 3 is 2.54 bits per heavy atom. The molecule has 0 aliphatic rings. The van der Waals surface area contributed by atoms with E-state index >= 15 is 0 Å². The molecule has 0 unspecified atom stereocenters. The first kappa shape index (κ1) is 17.7. The van der Waals surface area contributed by atoms with Gasteiger partial charge in [0.05, 0.1) is 18.7 Å². The SMILES string of the molecule is COCCn1c(O)c(C(=O)c2ccc(Cl)cc2)c(C)c(C#N)c1=O. The summed E-state index contributed by atoms with van der Waals surface area (Å²) in [5.74, 6) is -0.974. The molecule has 0 atom stereocenters. The highest BCUT2D eigenvalue weighted by Crippen LogP contribution is 2.25. The van der Waals surface area contributed by atoms with Gasteiger partial charge in [-0.1, -0.05) is 11.6 Å². The number of hydrogen-bond acceptors (Lipinski definition) is 5. The molecule has 0 aliphatic heterocycles. The fourth-order valence-electron chi connectivity index (χ4n) is 2.36. The minimum Gasteiger partial charge on any atom is -0.494 e. The van der Waals surface area contributed by atoms with Crippen LogP contribution in [-0.4, -0.2) is 29.2 Å². The van der Waals surface area contributed by atoms with Crippen LogP contribution in [0.5, 0.6) is 5.88 Å². The van der Waals surface area contributed by atoms with E-state index in [4.69, 9.17) is 16.3 Å². The van der Waals surface area contributed by atoms with Gasteiger partial charge in [0.15, 0.2) is 5.78 Å². The van der Waals surface area contributed by atoms with Gasteiger partial charge in [-0.25, -0.2) is 0 Å². The monoisotopic (exact) mass is 346 g/mol. The number of nitriles is 1. The van der Waals surface area contributed by atoms with Crippen LogP contribution < -0.4 is 5.56 Å². The summed E-state index contributed by atoms with van der Waals surface area (Å²) in [7, 11) is 1.45. The van der Waals surface area contributed by atoms with Gasteiger partial charge in [-0.2, -0.15) is 5.26 Å². The van der Waals surface area contributed by atoms with Gasteiger partial charge in [-0.05, 0) is 36.8 Å². The Bertz CT molecular complexity index is 879. The zero-order chi connectivity index (χ0) is 17.9. The first-order valence-electron chi connectivity index (χ1n) is 7.08. The lowest BCUT2D eigenvalue weighted by Gasteiger charge is -2.15. The van der Waals surface area contributed by atoms with E-state index in [1.54, 1.807) is 18.2 Å². The molecule has 0 bridgehead atoms. The summed E-state index contributed by atoms with van der Waals surface area (Å²) in [4.78, 5) is 25.0. The number of halogens is 1. The number of aromatic nitrogens is 1. The van der Waals surface area contributed by atoms with Crippen LogP contribution in [-0.2, 0) is 11.3 Å². The van der Waals surface area contributed by atoms with E-state index in [9.17, 15) is 20.0 Å². The van der Waals surface area contributed by atoms with Gasteiger partial charge in [-0.15, -0.1) is 0 Å². The molecule has 1 aromatic carbocycles. The van der Waals surface area contributed by atoms with Crippen LogP contribution in [0.25, 0.3) is 0 Å². The smallest absolute Gasteiger partial charge is 0.271 e. The van der Waals surface area contributed by atoms with Crippen LogP contribution in [0.1, 0.15) is 27.0 Å². The normalized spacial score (nSPS) is 10.4. The minimum atomic E-state index is -0.655. The first-order chi connectivity index (χ1) is 11.4. The van der Waals surface area contributed by atoms with Crippen molar-refractivity contribution in [2.24, 2.45) is 0 Å². The maximum Gasteiger partial charge on any atom is 0.271 e. The number of carbonyl (C=O) groups excluding carboxylic acids is 1. The Morgan fingerprint density at radius 2 is 2.00 bits per heavy atom. The molecular formula is C17H15ClN2O4. The van der Waals surface area contributed by atoms with E-state index < -0.39 is 17.2 Å². The third-order valence-electron chi connectivity index (χ3n) is 3.65. The molecule has 0 amide bonds. The van der Waals surface area contributed by atoms with Crippen LogP contribution in [0.2, 0.25) is 5.02 Å². The third kappa shape index (κ3) is 3.18. The molecule has 2 aromatic rings. The second-order valence-electron chi connectivity index (χ2n) is 5.10. The van der Waals surface area contributed by atoms with Crippen molar-refractivity contribution in [3.63, 3.8) is 0 Å². The summed E-state index contributed by atoms with van der Waals surface area (Å²) in [6, 6.07) is 7.93. The van der Waals surface area contributed by atoms with Gasteiger partial charge < -0.3 is 9.84 Å². The molecular weight excluding hydrogens is 332 g/mol. The fourth-order valence-corrected chi connectivity index (χ4v) is 2.48. The second kappa shape index (κ2) is 7.30. The molecule has 124 valence electrons. The third-order valence-corrected chi connectivity index (χ3v) is 3.90. The summed E-state index contributed by atoms with van der Waals surface area (Å²) in [5, 5.41) is 20.2. The van der Waals surface area contributed by atoms with E-state index in [1.165, 1.54) is 26.2 Å². The molecule has 0 aliphatic carbocycles. The molecule has 24 heavy (non-hydrogen) atoms. The molecule has 1 aromatic heterocycles. The number of aromatic hydroxyl groups is 1. The lowest BCUT2D eigenvalue weighted by Crippen LogP contribution is -2.28. The van der Waals surface area contributed by atoms with Crippen molar-refractivity contribution in [2.75, 3.05) is 13.7 Å². The van der Waals surface area contributed by atoms with Gasteiger partial charge in [-0.3, -0.25) is 14.2 Å². The summed E-state index contributed by atoms with van der Waals surface area (Å²) in [6.07, 6.45) is 0. The number of carbonyl (C=O) groups is 1. The van der Waals surface area contributed by atoms with Gasteiger partial charge in [0.2, 0.25) is 5.88 Å². The average Bonchev–Trinajstić information content (AvgIpc) is 2.55. The largest absolute Gasteiger partial charge is 0.494 e. The molecule has 0 spiro atoms. The predicted octanol–water partition coefficient (Wildman–Crippen LogP) is 2.26. The molecule has 0 radical (unpaired) electrons. The maximum atomic E-state index is 12.7. The number of methoxy groups -OCH3 is 1. The number of pyridine rings is 1. The van der Waals surface area contributed by atoms with Crippen LogP contribution >= 0.6 is 11.6 Å². The second-order valence-corrected chi connectivity index (χ2v) is 5.53. The molecule has 0 fully saturated rings. The predicted molar refractivity (Wildman–Crippen MR) is 88.6 cm³/mol. The highest BCUT2D eigenvalue weighted by Gasteiger charge is 2.24. The lowest BCUT2D eigenvalue weighted by atomic mass is 9.97. The van der Waals surface area contributed by atoms with Crippen molar-refractivity contribution in [2.45, 2.75) is 13.5 Å². The summed E-state index contributed by atoms with van der Waals surface area (Å²) < 4.78 is 5.87. The highest BCUT2D eigenvalue weighted by atomic mass is 35.5. The van der Waals surface area contributed by atoms with Crippen molar-refractivity contribution in [3.05, 3.63) is 61.9 Å². The van der Waals surface area contributed by atoms with E-state index in [2.05, 4.69) is 0 Å². The van der Waals surface area contributed by atoms with Crippen molar-refractivity contribution in [1.29, 1.82) is 5.26 Å². The van der Waals surface area contributed by atoms with Gasteiger partial charge in [0.1, 0.15) is 11.6 Å². The van der Waals surface area contributed by atoms with E-state index in [1.807, 2.05) is 0 Å². The topological polar surface area (TPSA) is 92.3 Å². The number of rotatable bonds is 5. The van der Waals surface area contributed by atoms with Gasteiger partial charge >= 0.3 is 0 Å². The summed E-state index contributed by atoms with van der Waals surface area (Å²) in [6.45, 7) is 1.64. The van der Waals surface area contributed by atoms with Gasteiger partial charge in [0.25, 0.3) is 5.56 Å². The average molecular weight is 347 g/mol.